The fourth-order valence-corrected chi connectivity index (χ4v) is 6.62. The van der Waals surface area contributed by atoms with Crippen molar-refractivity contribution < 1.29 is 8.42 Å². The molecule has 32 heavy (non-hydrogen) atoms. The van der Waals surface area contributed by atoms with Gasteiger partial charge in [-0.25, -0.2) is 13.1 Å². The molecule has 0 spiro atoms. The molecule has 1 N–H and O–H groups in total. The van der Waals surface area contributed by atoms with Gasteiger partial charge in [0.05, 0.1) is 21.7 Å². The molecule has 2 heterocycles. The summed E-state index contributed by atoms with van der Waals surface area (Å²) in [5.74, 6) is 0. The Morgan fingerprint density at radius 2 is 1.94 bits per heavy atom. The number of sulfonamides is 1. The van der Waals surface area contributed by atoms with Gasteiger partial charge < -0.3 is 4.90 Å². The van der Waals surface area contributed by atoms with Crippen LogP contribution in [0.1, 0.15) is 44.6 Å². The monoisotopic (exact) mass is 473 g/mol. The molecule has 1 aromatic heterocycles. The zero-order valence-electron chi connectivity index (χ0n) is 18.5. The Labute approximate surface area is 193 Å². The maximum Gasteiger partial charge on any atom is 0.308 e. The fraction of sp³-hybridized carbons (Fsp3) is 0.458. The van der Waals surface area contributed by atoms with E-state index in [1.165, 1.54) is 19.3 Å². The summed E-state index contributed by atoms with van der Waals surface area (Å²) in [4.78, 5) is 15.2. The van der Waals surface area contributed by atoms with E-state index in [2.05, 4.69) is 16.5 Å². The van der Waals surface area contributed by atoms with Crippen LogP contribution in [-0.2, 0) is 16.6 Å². The third kappa shape index (κ3) is 5.31. The van der Waals surface area contributed by atoms with Gasteiger partial charge in [0.1, 0.15) is 0 Å². The predicted molar refractivity (Wildman–Crippen MR) is 131 cm³/mol. The molecule has 0 saturated carbocycles. The van der Waals surface area contributed by atoms with Crippen LogP contribution in [0.15, 0.2) is 58.2 Å². The summed E-state index contributed by atoms with van der Waals surface area (Å²) in [5, 5.41) is 0. The van der Waals surface area contributed by atoms with Crippen LogP contribution in [0.2, 0.25) is 0 Å². The quantitative estimate of drug-likeness (QED) is 0.476. The maximum atomic E-state index is 12.8. The SMILES string of the molecule is CC[C@@H]1CCCCN1CCCNS(=O)(=O)c1ccc2c(c1)sc(=O)n2Cc1ccccc1. The van der Waals surface area contributed by atoms with E-state index in [9.17, 15) is 13.2 Å². The van der Waals surface area contributed by atoms with Gasteiger partial charge in [-0.3, -0.25) is 9.36 Å². The Balaban J connectivity index is 1.41. The average molecular weight is 474 g/mol. The van der Waals surface area contributed by atoms with Crippen molar-refractivity contribution >= 4 is 31.6 Å². The highest BCUT2D eigenvalue weighted by Gasteiger charge is 2.21. The third-order valence-electron chi connectivity index (χ3n) is 6.27. The van der Waals surface area contributed by atoms with Crippen molar-refractivity contribution in [1.29, 1.82) is 0 Å². The van der Waals surface area contributed by atoms with Crippen molar-refractivity contribution in [3.8, 4) is 0 Å². The van der Waals surface area contributed by atoms with Gasteiger partial charge in [0, 0.05) is 12.6 Å². The van der Waals surface area contributed by atoms with E-state index >= 15 is 0 Å². The lowest BCUT2D eigenvalue weighted by atomic mass is 10.00. The number of thiazole rings is 1. The number of hydrogen-bond donors (Lipinski definition) is 1. The lowest BCUT2D eigenvalue weighted by Gasteiger charge is -2.35. The van der Waals surface area contributed by atoms with Gasteiger partial charge in [0.15, 0.2) is 0 Å². The first kappa shape index (κ1) is 23.2. The summed E-state index contributed by atoms with van der Waals surface area (Å²) in [6.07, 6.45) is 5.71. The molecule has 1 aliphatic heterocycles. The molecular formula is C24H31N3O3S2. The van der Waals surface area contributed by atoms with E-state index in [1.807, 2.05) is 30.3 Å². The third-order valence-corrected chi connectivity index (χ3v) is 8.67. The van der Waals surface area contributed by atoms with Crippen LogP contribution in [-0.4, -0.2) is 43.6 Å². The van der Waals surface area contributed by atoms with Crippen LogP contribution >= 0.6 is 11.3 Å². The highest BCUT2D eigenvalue weighted by Crippen LogP contribution is 2.23. The predicted octanol–water partition coefficient (Wildman–Crippen LogP) is 4.04. The van der Waals surface area contributed by atoms with Gasteiger partial charge >= 0.3 is 4.87 Å². The van der Waals surface area contributed by atoms with Crippen molar-refractivity contribution in [1.82, 2.24) is 14.2 Å². The number of hydrogen-bond acceptors (Lipinski definition) is 5. The van der Waals surface area contributed by atoms with Gasteiger partial charge in [-0.2, -0.15) is 0 Å². The number of fused-ring (bicyclic) bond motifs is 1. The molecule has 0 unspecified atom stereocenters. The Morgan fingerprint density at radius 3 is 2.72 bits per heavy atom. The summed E-state index contributed by atoms with van der Waals surface area (Å²) in [5.41, 5.74) is 1.80. The zero-order chi connectivity index (χ0) is 22.6. The van der Waals surface area contributed by atoms with E-state index < -0.39 is 10.0 Å². The lowest BCUT2D eigenvalue weighted by Crippen LogP contribution is -2.40. The molecule has 1 fully saturated rings. The largest absolute Gasteiger partial charge is 0.308 e. The van der Waals surface area contributed by atoms with Crippen LogP contribution < -0.4 is 9.60 Å². The molecule has 3 aromatic rings. The second-order valence-corrected chi connectivity index (χ2v) is 11.2. The molecule has 1 atom stereocenters. The summed E-state index contributed by atoms with van der Waals surface area (Å²) in [7, 11) is -3.61. The highest BCUT2D eigenvalue weighted by atomic mass is 32.2. The van der Waals surface area contributed by atoms with Gasteiger partial charge in [0.2, 0.25) is 10.0 Å². The number of likely N-dealkylation sites (tertiary alicyclic amines) is 1. The smallest absolute Gasteiger partial charge is 0.300 e. The fourth-order valence-electron chi connectivity index (χ4n) is 4.52. The number of nitrogens with zero attached hydrogens (tertiary/aromatic N) is 2. The van der Waals surface area contributed by atoms with Crippen molar-refractivity contribution in [3.63, 3.8) is 0 Å². The van der Waals surface area contributed by atoms with Gasteiger partial charge in [0.25, 0.3) is 0 Å². The Morgan fingerprint density at radius 1 is 1.12 bits per heavy atom. The van der Waals surface area contributed by atoms with Crippen molar-refractivity contribution in [3.05, 3.63) is 63.8 Å². The van der Waals surface area contributed by atoms with E-state index in [1.54, 1.807) is 22.8 Å². The average Bonchev–Trinajstić information content (AvgIpc) is 3.12. The first-order chi connectivity index (χ1) is 15.5. The van der Waals surface area contributed by atoms with E-state index in [-0.39, 0.29) is 9.77 Å². The number of aromatic nitrogens is 1. The number of nitrogens with one attached hydrogen (secondary N) is 1. The van der Waals surface area contributed by atoms with Gasteiger partial charge in [-0.15, -0.1) is 0 Å². The lowest BCUT2D eigenvalue weighted by molar-refractivity contribution is 0.143. The Bertz CT molecular complexity index is 1200. The number of benzene rings is 2. The number of piperidine rings is 1. The number of rotatable bonds is 9. The van der Waals surface area contributed by atoms with E-state index in [4.69, 9.17) is 0 Å². The zero-order valence-corrected chi connectivity index (χ0v) is 20.1. The van der Waals surface area contributed by atoms with Gasteiger partial charge in [-0.1, -0.05) is 55.0 Å². The summed E-state index contributed by atoms with van der Waals surface area (Å²) < 4.78 is 30.8. The molecule has 0 radical (unpaired) electrons. The van der Waals surface area contributed by atoms with Crippen LogP contribution in [0.5, 0.6) is 0 Å². The summed E-state index contributed by atoms with van der Waals surface area (Å²) in [6, 6.07) is 15.4. The highest BCUT2D eigenvalue weighted by molar-refractivity contribution is 7.89. The first-order valence-electron chi connectivity index (χ1n) is 11.4. The van der Waals surface area contributed by atoms with Crippen molar-refractivity contribution in [2.75, 3.05) is 19.6 Å². The molecule has 6 nitrogen and oxygen atoms in total. The minimum Gasteiger partial charge on any atom is -0.300 e. The standard InChI is InChI=1S/C24H31N3O3S2/c1-2-20-11-6-7-15-26(20)16-8-14-25-32(29,30)21-12-13-22-23(17-21)31-24(28)27(22)18-19-9-4-3-5-10-19/h3-5,9-10,12-13,17,20,25H,2,6-8,11,14-16,18H2,1H3/t20-/m1/s1. The van der Waals surface area contributed by atoms with Crippen molar-refractivity contribution in [2.24, 2.45) is 0 Å². The molecule has 1 saturated heterocycles. The van der Waals surface area contributed by atoms with Crippen molar-refractivity contribution in [2.45, 2.75) is 56.5 Å². The topological polar surface area (TPSA) is 71.4 Å². The molecule has 0 aliphatic carbocycles. The summed E-state index contributed by atoms with van der Waals surface area (Å²) in [6.45, 7) is 5.14. The first-order valence-corrected chi connectivity index (χ1v) is 13.7. The molecular weight excluding hydrogens is 442 g/mol. The molecule has 4 rings (SSSR count). The Kier molecular flexibility index (Phi) is 7.45. The molecule has 2 aromatic carbocycles. The minimum atomic E-state index is -3.61. The van der Waals surface area contributed by atoms with Crippen LogP contribution in [0.25, 0.3) is 10.2 Å². The maximum absolute atomic E-state index is 12.8. The normalized spacial score (nSPS) is 17.7. The minimum absolute atomic E-state index is 0.0848. The molecule has 0 bridgehead atoms. The molecule has 172 valence electrons. The van der Waals surface area contributed by atoms with Crippen LogP contribution in [0.4, 0.5) is 0 Å². The van der Waals surface area contributed by atoms with E-state index in [0.29, 0.717) is 23.8 Å². The van der Waals surface area contributed by atoms with Gasteiger partial charge in [-0.05, 0) is 62.5 Å². The Hall–Kier alpha value is -2.00. The van der Waals surface area contributed by atoms with Crippen LogP contribution in [0, 0.1) is 0 Å². The molecule has 1 aliphatic rings. The summed E-state index contributed by atoms with van der Waals surface area (Å²) >= 11 is 1.09. The van der Waals surface area contributed by atoms with E-state index in [0.717, 1.165) is 48.3 Å². The second kappa shape index (κ2) is 10.3. The molecule has 0 amide bonds. The molecule has 8 heteroatoms. The van der Waals surface area contributed by atoms with Crippen LogP contribution in [0.3, 0.4) is 0 Å². The second-order valence-electron chi connectivity index (χ2n) is 8.41.